The molecule has 24 nitrogen and oxygen atoms in total. The zero-order chi connectivity index (χ0) is 44.3. The van der Waals surface area contributed by atoms with E-state index in [1.165, 1.54) is 14.0 Å². The molecule has 4 fully saturated rings. The molecule has 13 N–H and O–H groups in total. The summed E-state index contributed by atoms with van der Waals surface area (Å²) in [6.07, 6.45) is -28.3. The number of rotatable bonds is 21. The van der Waals surface area contributed by atoms with Gasteiger partial charge in [-0.2, -0.15) is 0 Å². The number of esters is 1. The Morgan fingerprint density at radius 3 is 1.42 bits per heavy atom. The minimum absolute atomic E-state index is 0.149. The molecule has 0 saturated carbocycles. The van der Waals surface area contributed by atoms with E-state index in [4.69, 9.17) is 37.9 Å². The number of amides is 1. The van der Waals surface area contributed by atoms with Gasteiger partial charge in [0.2, 0.25) is 5.91 Å². The van der Waals surface area contributed by atoms with Crippen molar-refractivity contribution in [1.29, 1.82) is 0 Å². The van der Waals surface area contributed by atoms with Crippen LogP contribution in [0.25, 0.3) is 0 Å². The molecule has 0 bridgehead atoms. The predicted octanol–water partition coefficient (Wildman–Crippen LogP) is -6.68. The standard InChI is InChI=1S/C36H63NO23/c1-15(42)37-21-25(47)30(19(14-41)57-33(21)53-10-8-6-4-3-5-7-9-20(43)52-2)58-35-28(50)32(24(46)17(12-39)55-35)60-36-29(51)31(23(45)18(13-40)56-36)59-34-27(49)26(48)22(44)16(11-38)54-34/h16-19,21-36,38-41,44-51H,3-14H2,1-2H3,(H,37,42)/t16-,17-,18-,19-,21-,22+,23+,24+,25-,26+,27-,28-,29-,30-,31+,32+,33-,34-,35-,36-/m1/s1. The smallest absolute Gasteiger partial charge is 0.305 e. The normalized spacial score (nSPS) is 42.4. The minimum Gasteiger partial charge on any atom is -0.469 e. The van der Waals surface area contributed by atoms with Crippen LogP contribution in [0.2, 0.25) is 0 Å². The molecule has 60 heavy (non-hydrogen) atoms. The lowest BCUT2D eigenvalue weighted by Crippen LogP contribution is -2.68. The maximum atomic E-state index is 12.2. The highest BCUT2D eigenvalue weighted by Crippen LogP contribution is 2.34. The van der Waals surface area contributed by atoms with E-state index in [1.54, 1.807) is 0 Å². The average molecular weight is 878 g/mol. The van der Waals surface area contributed by atoms with Crippen molar-refractivity contribution in [3.63, 3.8) is 0 Å². The first-order chi connectivity index (χ1) is 28.6. The topological polar surface area (TPSA) is 372 Å². The van der Waals surface area contributed by atoms with Crippen LogP contribution < -0.4 is 5.32 Å². The van der Waals surface area contributed by atoms with Gasteiger partial charge in [0.1, 0.15) is 97.6 Å². The molecule has 4 saturated heterocycles. The number of methoxy groups -OCH3 is 1. The van der Waals surface area contributed by atoms with Crippen LogP contribution in [0.1, 0.15) is 51.9 Å². The molecule has 1 amide bonds. The van der Waals surface area contributed by atoms with Gasteiger partial charge < -0.3 is 109 Å². The Morgan fingerprint density at radius 2 is 0.933 bits per heavy atom. The molecule has 0 aliphatic carbocycles. The molecule has 24 heteroatoms. The van der Waals surface area contributed by atoms with Crippen LogP contribution in [0.15, 0.2) is 0 Å². The van der Waals surface area contributed by atoms with Gasteiger partial charge in [-0.3, -0.25) is 9.59 Å². The Morgan fingerprint density at radius 1 is 0.500 bits per heavy atom. The van der Waals surface area contributed by atoms with Crippen LogP contribution in [-0.4, -0.2) is 236 Å². The molecule has 0 spiro atoms. The van der Waals surface area contributed by atoms with Gasteiger partial charge in [-0.15, -0.1) is 0 Å². The summed E-state index contributed by atoms with van der Waals surface area (Å²) in [5.41, 5.74) is 0. The Bertz CT molecular complexity index is 1290. The number of ether oxygens (including phenoxy) is 9. The number of hydrogen-bond acceptors (Lipinski definition) is 23. The SMILES string of the molecule is COC(=O)CCCCCCCCO[C@@H]1O[C@H](CO)[C@@H](O[C@H]2O[C@H](CO)[C@H](O)[C@H](O[C@H]3O[C@H](CO)[C@H](O)[C@H](O[C@H]4O[C@H](CO)[C@H](O)[C@H](O)[C@H]4O)[C@H]3O)[C@H]2O)[C@H](O)[C@H]1NC(C)=O. The van der Waals surface area contributed by atoms with Crippen molar-refractivity contribution in [2.24, 2.45) is 0 Å². The average Bonchev–Trinajstić information content (AvgIpc) is 3.23. The van der Waals surface area contributed by atoms with E-state index >= 15 is 0 Å². The van der Waals surface area contributed by atoms with E-state index in [9.17, 15) is 70.9 Å². The van der Waals surface area contributed by atoms with Crippen molar-refractivity contribution in [3.05, 3.63) is 0 Å². The highest BCUT2D eigenvalue weighted by molar-refractivity contribution is 5.73. The molecule has 4 heterocycles. The lowest BCUT2D eigenvalue weighted by molar-refractivity contribution is -0.388. The second-order valence-electron chi connectivity index (χ2n) is 15.2. The van der Waals surface area contributed by atoms with E-state index in [0.29, 0.717) is 19.3 Å². The lowest BCUT2D eigenvalue weighted by Gasteiger charge is -2.49. The number of hydrogen-bond donors (Lipinski definition) is 13. The lowest BCUT2D eigenvalue weighted by atomic mass is 9.95. The first-order valence-electron chi connectivity index (χ1n) is 20.0. The maximum absolute atomic E-state index is 12.2. The molecular weight excluding hydrogens is 814 g/mol. The van der Waals surface area contributed by atoms with Crippen LogP contribution >= 0.6 is 0 Å². The monoisotopic (exact) mass is 877 g/mol. The number of nitrogens with one attached hydrogen (secondary N) is 1. The number of aliphatic hydroxyl groups is 12. The third kappa shape index (κ3) is 12.7. The number of carbonyl (C=O) groups is 2. The predicted molar refractivity (Wildman–Crippen MR) is 194 cm³/mol. The van der Waals surface area contributed by atoms with Gasteiger partial charge in [-0.05, 0) is 12.8 Å². The quantitative estimate of drug-likeness (QED) is 0.0376. The Labute approximate surface area is 345 Å². The van der Waals surface area contributed by atoms with Crippen molar-refractivity contribution in [2.45, 2.75) is 175 Å². The van der Waals surface area contributed by atoms with E-state index in [0.717, 1.165) is 25.7 Å². The minimum atomic E-state index is -2.06. The zero-order valence-electron chi connectivity index (χ0n) is 33.4. The van der Waals surface area contributed by atoms with E-state index < -0.39 is 155 Å². The highest BCUT2D eigenvalue weighted by atomic mass is 16.8. The molecular formula is C36H63NO23. The summed E-state index contributed by atoms with van der Waals surface area (Å²) in [4.78, 5) is 23.5. The van der Waals surface area contributed by atoms with Crippen molar-refractivity contribution in [2.75, 3.05) is 40.1 Å². The molecule has 0 unspecified atom stereocenters. The van der Waals surface area contributed by atoms with Gasteiger partial charge in [-0.25, -0.2) is 0 Å². The van der Waals surface area contributed by atoms with Crippen molar-refractivity contribution in [1.82, 2.24) is 5.32 Å². The fourth-order valence-corrected chi connectivity index (χ4v) is 7.44. The maximum Gasteiger partial charge on any atom is 0.305 e. The summed E-state index contributed by atoms with van der Waals surface area (Å²) in [5, 5.41) is 130. The summed E-state index contributed by atoms with van der Waals surface area (Å²) < 4.78 is 50.2. The Hall–Kier alpha value is -1.86. The van der Waals surface area contributed by atoms with Crippen LogP contribution in [0.4, 0.5) is 0 Å². The molecule has 0 aromatic rings. The number of unbranched alkanes of at least 4 members (excludes halogenated alkanes) is 5. The van der Waals surface area contributed by atoms with Crippen LogP contribution in [0.5, 0.6) is 0 Å². The summed E-state index contributed by atoms with van der Waals surface area (Å²) in [6, 6.07) is -1.27. The summed E-state index contributed by atoms with van der Waals surface area (Å²) in [7, 11) is 1.34. The van der Waals surface area contributed by atoms with Gasteiger partial charge in [0.25, 0.3) is 0 Å². The van der Waals surface area contributed by atoms with E-state index in [2.05, 4.69) is 10.1 Å². The first kappa shape index (κ1) is 50.8. The Balaban J connectivity index is 1.43. The van der Waals surface area contributed by atoms with Crippen molar-refractivity contribution in [3.8, 4) is 0 Å². The fourth-order valence-electron chi connectivity index (χ4n) is 7.44. The van der Waals surface area contributed by atoms with Crippen molar-refractivity contribution >= 4 is 11.9 Å². The van der Waals surface area contributed by atoms with Crippen LogP contribution in [0, 0.1) is 0 Å². The Kier molecular flexibility index (Phi) is 20.5. The molecule has 4 rings (SSSR count). The molecule has 0 aromatic carbocycles. The molecule has 4 aliphatic rings. The largest absolute Gasteiger partial charge is 0.469 e. The van der Waals surface area contributed by atoms with Gasteiger partial charge in [-0.1, -0.05) is 25.7 Å². The highest BCUT2D eigenvalue weighted by Gasteiger charge is 2.55. The first-order valence-corrected chi connectivity index (χ1v) is 20.0. The van der Waals surface area contributed by atoms with Crippen molar-refractivity contribution < 1.29 is 113 Å². The van der Waals surface area contributed by atoms with Gasteiger partial charge in [0, 0.05) is 20.0 Å². The number of aliphatic hydroxyl groups excluding tert-OH is 12. The van der Waals surface area contributed by atoms with Gasteiger partial charge in [0.05, 0.1) is 33.5 Å². The van der Waals surface area contributed by atoms with Crippen LogP contribution in [-0.2, 0) is 52.2 Å². The second-order valence-corrected chi connectivity index (χ2v) is 15.2. The summed E-state index contributed by atoms with van der Waals surface area (Å²) >= 11 is 0. The van der Waals surface area contributed by atoms with E-state index in [1.807, 2.05) is 0 Å². The second kappa shape index (κ2) is 24.3. The summed E-state index contributed by atoms with van der Waals surface area (Å²) in [6.45, 7) is -2.06. The zero-order valence-corrected chi connectivity index (χ0v) is 33.4. The third-order valence-electron chi connectivity index (χ3n) is 10.9. The van der Waals surface area contributed by atoms with Gasteiger partial charge in [0.15, 0.2) is 25.2 Å². The van der Waals surface area contributed by atoms with Crippen LogP contribution in [0.3, 0.4) is 0 Å². The molecule has 350 valence electrons. The fraction of sp³-hybridized carbons (Fsp3) is 0.944. The number of carbonyl (C=O) groups excluding carboxylic acids is 2. The van der Waals surface area contributed by atoms with E-state index in [-0.39, 0.29) is 12.6 Å². The molecule has 20 atom stereocenters. The third-order valence-corrected chi connectivity index (χ3v) is 10.9. The molecule has 4 aliphatic heterocycles. The van der Waals surface area contributed by atoms with Gasteiger partial charge >= 0.3 is 5.97 Å². The molecule has 0 radical (unpaired) electrons. The summed E-state index contributed by atoms with van der Waals surface area (Å²) in [5.74, 6) is -0.845. The molecule has 0 aromatic heterocycles.